The lowest BCUT2D eigenvalue weighted by Gasteiger charge is -2.18. The Labute approximate surface area is 157 Å². The van der Waals surface area contributed by atoms with Crippen molar-refractivity contribution < 1.29 is 24.2 Å². The molecule has 7 nitrogen and oxygen atoms in total. The average molecular weight is 370 g/mol. The standard InChI is InChI=1S/C20H22N2O5/c1-3-22(4-2)19(24)14-7-11-17(12-8-14)27-13-18(23)21-16-9-5-15(6-10-16)20(25)26/h5-12H,3-4,13H2,1-2H3,(H,21,23)(H,25,26). The molecule has 0 saturated carbocycles. The van der Waals surface area contributed by atoms with Crippen molar-refractivity contribution in [2.45, 2.75) is 13.8 Å². The molecule has 2 rings (SSSR count). The van der Waals surface area contributed by atoms with E-state index in [9.17, 15) is 14.4 Å². The number of nitrogens with zero attached hydrogens (tertiary/aromatic N) is 1. The molecule has 0 atom stereocenters. The fraction of sp³-hybridized carbons (Fsp3) is 0.250. The maximum Gasteiger partial charge on any atom is 0.335 e. The zero-order valence-corrected chi connectivity index (χ0v) is 15.3. The van der Waals surface area contributed by atoms with Gasteiger partial charge in [0.05, 0.1) is 5.56 Å². The molecule has 0 aromatic heterocycles. The minimum absolute atomic E-state index is 0.0471. The number of rotatable bonds is 8. The number of nitrogens with one attached hydrogen (secondary N) is 1. The van der Waals surface area contributed by atoms with E-state index in [1.54, 1.807) is 29.2 Å². The number of carboxylic acid groups (broad SMARTS) is 1. The Morgan fingerprint density at radius 1 is 0.926 bits per heavy atom. The lowest BCUT2D eigenvalue weighted by atomic mass is 10.2. The van der Waals surface area contributed by atoms with E-state index >= 15 is 0 Å². The zero-order chi connectivity index (χ0) is 19.8. The van der Waals surface area contributed by atoms with Gasteiger partial charge in [0, 0.05) is 24.3 Å². The fourth-order valence-electron chi connectivity index (χ4n) is 2.43. The number of amides is 2. The molecular formula is C20H22N2O5. The van der Waals surface area contributed by atoms with Crippen LogP contribution < -0.4 is 10.1 Å². The third-order valence-electron chi connectivity index (χ3n) is 3.94. The van der Waals surface area contributed by atoms with E-state index in [-0.39, 0.29) is 24.0 Å². The number of carbonyl (C=O) groups excluding carboxylic acids is 2. The van der Waals surface area contributed by atoms with Gasteiger partial charge in [0.15, 0.2) is 6.61 Å². The molecule has 0 aliphatic carbocycles. The van der Waals surface area contributed by atoms with Crippen LogP contribution in [-0.2, 0) is 4.79 Å². The second kappa shape index (κ2) is 9.38. The molecule has 2 aromatic rings. The van der Waals surface area contributed by atoms with Gasteiger partial charge in [0.25, 0.3) is 11.8 Å². The molecule has 0 spiro atoms. The van der Waals surface area contributed by atoms with Gasteiger partial charge in [0.2, 0.25) is 0 Å². The van der Waals surface area contributed by atoms with Crippen LogP contribution in [0.2, 0.25) is 0 Å². The summed E-state index contributed by atoms with van der Waals surface area (Å²) in [5.41, 5.74) is 1.19. The molecule has 27 heavy (non-hydrogen) atoms. The second-order valence-corrected chi connectivity index (χ2v) is 5.72. The lowest BCUT2D eigenvalue weighted by molar-refractivity contribution is -0.118. The highest BCUT2D eigenvalue weighted by molar-refractivity contribution is 5.94. The number of hydrogen-bond acceptors (Lipinski definition) is 4. The van der Waals surface area contributed by atoms with Crippen LogP contribution in [0.25, 0.3) is 0 Å². The molecule has 0 saturated heterocycles. The minimum Gasteiger partial charge on any atom is -0.484 e. The molecule has 0 fully saturated rings. The molecule has 2 N–H and O–H groups in total. The van der Waals surface area contributed by atoms with Gasteiger partial charge in [-0.3, -0.25) is 9.59 Å². The van der Waals surface area contributed by atoms with E-state index < -0.39 is 5.97 Å². The Bertz CT molecular complexity index is 796. The van der Waals surface area contributed by atoms with Crippen molar-refractivity contribution in [3.63, 3.8) is 0 Å². The van der Waals surface area contributed by atoms with Gasteiger partial charge < -0.3 is 20.1 Å². The van der Waals surface area contributed by atoms with Crippen LogP contribution in [-0.4, -0.2) is 47.5 Å². The number of ether oxygens (including phenoxy) is 1. The summed E-state index contributed by atoms with van der Waals surface area (Å²) in [5.74, 6) is -0.975. The maximum absolute atomic E-state index is 12.2. The van der Waals surface area contributed by atoms with Crippen LogP contribution in [0.1, 0.15) is 34.6 Å². The van der Waals surface area contributed by atoms with E-state index in [1.165, 1.54) is 24.3 Å². The summed E-state index contributed by atoms with van der Waals surface area (Å²) >= 11 is 0. The first-order chi connectivity index (χ1) is 12.9. The van der Waals surface area contributed by atoms with Crippen LogP contribution in [0.3, 0.4) is 0 Å². The van der Waals surface area contributed by atoms with Crippen LogP contribution in [0.5, 0.6) is 5.75 Å². The number of benzene rings is 2. The number of hydrogen-bond donors (Lipinski definition) is 2. The summed E-state index contributed by atoms with van der Waals surface area (Å²) in [5, 5.41) is 11.5. The monoisotopic (exact) mass is 370 g/mol. The van der Waals surface area contributed by atoms with Crippen molar-refractivity contribution in [1.82, 2.24) is 4.90 Å². The van der Waals surface area contributed by atoms with Gasteiger partial charge in [-0.2, -0.15) is 0 Å². The molecule has 0 bridgehead atoms. The summed E-state index contributed by atoms with van der Waals surface area (Å²) in [6, 6.07) is 12.5. The number of carboxylic acids is 1. The summed E-state index contributed by atoms with van der Waals surface area (Å²) in [7, 11) is 0. The van der Waals surface area contributed by atoms with Crippen molar-refractivity contribution in [3.05, 3.63) is 59.7 Å². The van der Waals surface area contributed by atoms with E-state index in [1.807, 2.05) is 13.8 Å². The molecule has 2 aromatic carbocycles. The van der Waals surface area contributed by atoms with Crippen molar-refractivity contribution in [2.24, 2.45) is 0 Å². The van der Waals surface area contributed by atoms with Crippen LogP contribution in [0, 0.1) is 0 Å². The van der Waals surface area contributed by atoms with Gasteiger partial charge >= 0.3 is 5.97 Å². The molecular weight excluding hydrogens is 348 g/mol. The van der Waals surface area contributed by atoms with Crippen molar-refractivity contribution in [1.29, 1.82) is 0 Å². The first-order valence-electron chi connectivity index (χ1n) is 8.60. The smallest absolute Gasteiger partial charge is 0.335 e. The summed E-state index contributed by atoms with van der Waals surface area (Å²) in [4.78, 5) is 36.7. The van der Waals surface area contributed by atoms with Crippen molar-refractivity contribution >= 4 is 23.5 Å². The lowest BCUT2D eigenvalue weighted by Crippen LogP contribution is -2.30. The highest BCUT2D eigenvalue weighted by Gasteiger charge is 2.12. The largest absolute Gasteiger partial charge is 0.484 e. The van der Waals surface area contributed by atoms with E-state index in [0.717, 1.165) is 0 Å². The normalized spacial score (nSPS) is 10.1. The number of carbonyl (C=O) groups is 3. The summed E-state index contributed by atoms with van der Waals surface area (Å²) in [6.07, 6.45) is 0. The third kappa shape index (κ3) is 5.57. The zero-order valence-electron chi connectivity index (χ0n) is 15.3. The maximum atomic E-state index is 12.2. The number of aromatic carboxylic acids is 1. The van der Waals surface area contributed by atoms with Gasteiger partial charge in [0.1, 0.15) is 5.75 Å². The van der Waals surface area contributed by atoms with Gasteiger partial charge in [-0.25, -0.2) is 4.79 Å². The molecule has 2 amide bonds. The quantitative estimate of drug-likeness (QED) is 0.745. The molecule has 0 aliphatic heterocycles. The van der Waals surface area contributed by atoms with E-state index in [0.29, 0.717) is 30.1 Å². The SMILES string of the molecule is CCN(CC)C(=O)c1ccc(OCC(=O)Nc2ccc(C(=O)O)cc2)cc1. The van der Waals surface area contributed by atoms with E-state index in [2.05, 4.69) is 5.32 Å². The Morgan fingerprint density at radius 3 is 2.00 bits per heavy atom. The molecule has 0 aliphatic rings. The van der Waals surface area contributed by atoms with E-state index in [4.69, 9.17) is 9.84 Å². The topological polar surface area (TPSA) is 95.9 Å². The summed E-state index contributed by atoms with van der Waals surface area (Å²) < 4.78 is 5.42. The van der Waals surface area contributed by atoms with Crippen molar-refractivity contribution in [2.75, 3.05) is 25.0 Å². The third-order valence-corrected chi connectivity index (χ3v) is 3.94. The van der Waals surface area contributed by atoms with Crippen LogP contribution >= 0.6 is 0 Å². The Hall–Kier alpha value is -3.35. The molecule has 0 unspecified atom stereocenters. The second-order valence-electron chi connectivity index (χ2n) is 5.72. The molecule has 0 radical (unpaired) electrons. The summed E-state index contributed by atoms with van der Waals surface area (Å²) in [6.45, 7) is 4.92. The predicted molar refractivity (Wildman–Crippen MR) is 101 cm³/mol. The highest BCUT2D eigenvalue weighted by Crippen LogP contribution is 2.14. The molecule has 0 heterocycles. The minimum atomic E-state index is -1.03. The fourth-order valence-corrected chi connectivity index (χ4v) is 2.43. The highest BCUT2D eigenvalue weighted by atomic mass is 16.5. The van der Waals surface area contributed by atoms with Crippen molar-refractivity contribution in [3.8, 4) is 5.75 Å². The average Bonchev–Trinajstić information content (AvgIpc) is 2.68. The van der Waals surface area contributed by atoms with Crippen LogP contribution in [0.15, 0.2) is 48.5 Å². The Balaban J connectivity index is 1.87. The first-order valence-corrected chi connectivity index (χ1v) is 8.60. The van der Waals surface area contributed by atoms with Gasteiger partial charge in [-0.15, -0.1) is 0 Å². The molecule has 142 valence electrons. The Kier molecular flexibility index (Phi) is 6.93. The van der Waals surface area contributed by atoms with Gasteiger partial charge in [-0.1, -0.05) is 0 Å². The van der Waals surface area contributed by atoms with Crippen LogP contribution in [0.4, 0.5) is 5.69 Å². The molecule has 7 heteroatoms. The predicted octanol–water partition coefficient (Wildman–Crippen LogP) is 2.88. The van der Waals surface area contributed by atoms with Gasteiger partial charge in [-0.05, 0) is 62.4 Å². The Morgan fingerprint density at radius 2 is 1.48 bits per heavy atom. The first kappa shape index (κ1) is 20.0. The number of anilines is 1.